The zero-order valence-electron chi connectivity index (χ0n) is 7.22. The van der Waals surface area contributed by atoms with E-state index in [1.54, 1.807) is 0 Å². The number of alkyl halides is 3. The predicted octanol–water partition coefficient (Wildman–Crippen LogP) is 1.98. The maximum absolute atomic E-state index is 12.3. The highest BCUT2D eigenvalue weighted by Gasteiger charge is 2.32. The lowest BCUT2D eigenvalue weighted by atomic mass is 10.1. The topological polar surface area (TPSA) is 42.0 Å². The molecule has 1 aromatic rings. The monoisotopic (exact) mass is 204 g/mol. The summed E-state index contributed by atoms with van der Waals surface area (Å²) in [4.78, 5) is 13.6. The Balaban J connectivity index is 3.15. The van der Waals surface area contributed by atoms with E-state index >= 15 is 0 Å². The van der Waals surface area contributed by atoms with Crippen LogP contribution in [0.1, 0.15) is 11.1 Å². The van der Waals surface area contributed by atoms with E-state index in [1.165, 1.54) is 6.92 Å². The molecule has 0 aliphatic carbocycles. The number of hydrogen-bond donors (Lipinski definition) is 1. The number of nitrogens with zero attached hydrogens (tertiary/aromatic N) is 1. The van der Waals surface area contributed by atoms with Crippen LogP contribution in [0.3, 0.4) is 0 Å². The second kappa shape index (κ2) is 3.65. The molecule has 0 aliphatic heterocycles. The number of nitrogens with one attached hydrogen (secondary N) is 1. The Bertz CT molecular complexity index is 349. The van der Waals surface area contributed by atoms with Crippen molar-refractivity contribution in [3.05, 3.63) is 23.4 Å². The minimum Gasteiger partial charge on any atom is -0.313 e. The number of pyridine rings is 1. The third kappa shape index (κ3) is 2.21. The molecule has 0 atom stereocenters. The Morgan fingerprint density at radius 1 is 1.50 bits per heavy atom. The van der Waals surface area contributed by atoms with Crippen molar-refractivity contribution < 1.29 is 18.0 Å². The first-order chi connectivity index (χ1) is 6.45. The minimum absolute atomic E-state index is 0.0222. The maximum atomic E-state index is 12.3. The van der Waals surface area contributed by atoms with E-state index in [1.807, 2.05) is 0 Å². The smallest absolute Gasteiger partial charge is 0.313 e. The first kappa shape index (κ1) is 10.5. The molecule has 1 rings (SSSR count). The molecular formula is C8H7F3N2O. The number of carbonyl (C=O) groups is 1. The summed E-state index contributed by atoms with van der Waals surface area (Å²) in [6.45, 7) is 1.31. The third-order valence-corrected chi connectivity index (χ3v) is 1.62. The van der Waals surface area contributed by atoms with Crippen molar-refractivity contribution in [3.8, 4) is 0 Å². The average molecular weight is 204 g/mol. The first-order valence-corrected chi connectivity index (χ1v) is 3.69. The molecule has 0 spiro atoms. The largest absolute Gasteiger partial charge is 0.416 e. The van der Waals surface area contributed by atoms with Gasteiger partial charge in [0.25, 0.3) is 0 Å². The molecule has 14 heavy (non-hydrogen) atoms. The summed E-state index contributed by atoms with van der Waals surface area (Å²) in [5, 5.41) is 2.06. The van der Waals surface area contributed by atoms with Crippen LogP contribution in [0.4, 0.5) is 19.0 Å². The summed E-state index contributed by atoms with van der Waals surface area (Å²) in [6, 6.07) is 0.795. The van der Waals surface area contributed by atoms with E-state index in [4.69, 9.17) is 0 Å². The fourth-order valence-electron chi connectivity index (χ4n) is 0.968. The van der Waals surface area contributed by atoms with Crippen LogP contribution in [0.5, 0.6) is 0 Å². The fourth-order valence-corrected chi connectivity index (χ4v) is 0.968. The predicted molar refractivity (Wildman–Crippen MR) is 43.7 cm³/mol. The molecule has 0 aromatic carbocycles. The summed E-state index contributed by atoms with van der Waals surface area (Å²) in [5.74, 6) is -0.113. The number of hydrogen-bond acceptors (Lipinski definition) is 2. The van der Waals surface area contributed by atoms with Crippen LogP contribution in [0, 0.1) is 6.92 Å². The van der Waals surface area contributed by atoms with Gasteiger partial charge in [0.2, 0.25) is 6.41 Å². The Labute approximate surface area is 78.0 Å². The molecule has 0 fully saturated rings. The van der Waals surface area contributed by atoms with Crippen molar-refractivity contribution in [1.29, 1.82) is 0 Å². The van der Waals surface area contributed by atoms with Gasteiger partial charge < -0.3 is 5.32 Å². The Hall–Kier alpha value is -1.59. The van der Waals surface area contributed by atoms with E-state index in [2.05, 4.69) is 10.3 Å². The Kier molecular flexibility index (Phi) is 2.73. The molecule has 0 radical (unpaired) electrons. The lowest BCUT2D eigenvalue weighted by Gasteiger charge is -2.10. The molecule has 1 N–H and O–H groups in total. The van der Waals surface area contributed by atoms with Gasteiger partial charge in [0, 0.05) is 6.20 Å². The van der Waals surface area contributed by atoms with Crippen molar-refractivity contribution in [2.45, 2.75) is 13.1 Å². The normalized spacial score (nSPS) is 11.1. The fraction of sp³-hybridized carbons (Fsp3) is 0.250. The van der Waals surface area contributed by atoms with Gasteiger partial charge in [-0.25, -0.2) is 4.98 Å². The van der Waals surface area contributed by atoms with Crippen molar-refractivity contribution in [2.75, 3.05) is 5.32 Å². The number of aryl methyl sites for hydroxylation is 1. The molecule has 0 saturated carbocycles. The molecule has 1 heterocycles. The number of halogens is 3. The summed E-state index contributed by atoms with van der Waals surface area (Å²) in [6.07, 6.45) is -3.08. The van der Waals surface area contributed by atoms with Gasteiger partial charge in [0.1, 0.15) is 5.82 Å². The van der Waals surface area contributed by atoms with Gasteiger partial charge in [0.05, 0.1) is 5.56 Å². The number of carbonyl (C=O) groups excluding carboxylic acids is 1. The van der Waals surface area contributed by atoms with Crippen LogP contribution in [0.2, 0.25) is 0 Å². The van der Waals surface area contributed by atoms with Crippen LogP contribution >= 0.6 is 0 Å². The molecule has 0 unspecified atom stereocenters. The summed E-state index contributed by atoms with van der Waals surface area (Å²) < 4.78 is 37.0. The van der Waals surface area contributed by atoms with Crippen LogP contribution in [0.25, 0.3) is 0 Å². The summed E-state index contributed by atoms with van der Waals surface area (Å²) in [5.41, 5.74) is -0.772. The number of anilines is 1. The Morgan fingerprint density at radius 2 is 2.14 bits per heavy atom. The molecular weight excluding hydrogens is 197 g/mol. The van der Waals surface area contributed by atoms with E-state index in [0.29, 0.717) is 0 Å². The molecule has 1 aromatic heterocycles. The Morgan fingerprint density at radius 3 is 2.64 bits per heavy atom. The first-order valence-electron chi connectivity index (χ1n) is 3.69. The lowest BCUT2D eigenvalue weighted by molar-refractivity contribution is -0.138. The highest BCUT2D eigenvalue weighted by molar-refractivity contribution is 5.69. The van der Waals surface area contributed by atoms with Gasteiger partial charge in [0.15, 0.2) is 0 Å². The molecule has 0 aliphatic rings. The standard InChI is InChI=1S/C8H7F3N2O/c1-5-3-12-7(13-4-14)2-6(5)8(9,10)11/h2-4H,1H3,(H,12,13,14). The van der Waals surface area contributed by atoms with Crippen molar-refractivity contribution in [3.63, 3.8) is 0 Å². The van der Waals surface area contributed by atoms with Crippen molar-refractivity contribution in [1.82, 2.24) is 4.98 Å². The summed E-state index contributed by atoms with van der Waals surface area (Å²) >= 11 is 0. The highest BCUT2D eigenvalue weighted by atomic mass is 19.4. The number of aromatic nitrogens is 1. The van der Waals surface area contributed by atoms with Gasteiger partial charge >= 0.3 is 6.18 Å². The number of amides is 1. The molecule has 0 bridgehead atoms. The van der Waals surface area contributed by atoms with Crippen molar-refractivity contribution in [2.24, 2.45) is 0 Å². The van der Waals surface area contributed by atoms with Crippen LogP contribution in [-0.4, -0.2) is 11.4 Å². The van der Waals surface area contributed by atoms with Crippen molar-refractivity contribution >= 4 is 12.2 Å². The van der Waals surface area contributed by atoms with Gasteiger partial charge in [-0.1, -0.05) is 0 Å². The van der Waals surface area contributed by atoms with E-state index in [0.717, 1.165) is 12.3 Å². The quantitative estimate of drug-likeness (QED) is 0.748. The van der Waals surface area contributed by atoms with Crippen LogP contribution in [-0.2, 0) is 11.0 Å². The lowest BCUT2D eigenvalue weighted by Crippen LogP contribution is -2.09. The SMILES string of the molecule is Cc1cnc(NC=O)cc1C(F)(F)F. The second-order valence-corrected chi connectivity index (χ2v) is 2.64. The van der Waals surface area contributed by atoms with Crippen LogP contribution in [0.15, 0.2) is 12.3 Å². The molecule has 1 amide bonds. The van der Waals surface area contributed by atoms with E-state index in [9.17, 15) is 18.0 Å². The zero-order chi connectivity index (χ0) is 10.8. The van der Waals surface area contributed by atoms with Gasteiger partial charge in [-0.15, -0.1) is 0 Å². The molecule has 6 heteroatoms. The van der Waals surface area contributed by atoms with Gasteiger partial charge in [-0.3, -0.25) is 4.79 Å². The summed E-state index contributed by atoms with van der Waals surface area (Å²) in [7, 11) is 0. The van der Waals surface area contributed by atoms with E-state index < -0.39 is 11.7 Å². The van der Waals surface area contributed by atoms with Crippen LogP contribution < -0.4 is 5.32 Å². The van der Waals surface area contributed by atoms with E-state index in [-0.39, 0.29) is 17.8 Å². The molecule has 3 nitrogen and oxygen atoms in total. The maximum Gasteiger partial charge on any atom is 0.416 e. The third-order valence-electron chi connectivity index (χ3n) is 1.62. The van der Waals surface area contributed by atoms with Gasteiger partial charge in [-0.05, 0) is 18.6 Å². The molecule has 0 saturated heterocycles. The zero-order valence-corrected chi connectivity index (χ0v) is 7.22. The highest BCUT2D eigenvalue weighted by Crippen LogP contribution is 2.32. The average Bonchev–Trinajstić information content (AvgIpc) is 2.07. The number of rotatable bonds is 2. The minimum atomic E-state index is -4.42. The van der Waals surface area contributed by atoms with Gasteiger partial charge in [-0.2, -0.15) is 13.2 Å². The second-order valence-electron chi connectivity index (χ2n) is 2.64. The molecule has 76 valence electrons.